The van der Waals surface area contributed by atoms with Gasteiger partial charge in [-0.2, -0.15) is 26.3 Å². The molecule has 0 aliphatic rings. The Morgan fingerprint density at radius 3 is 1.95 bits per heavy atom. The molecule has 0 radical (unpaired) electrons. The zero-order valence-electron chi connectivity index (χ0n) is 10.4. The highest BCUT2D eigenvalue weighted by Crippen LogP contribution is 2.39. The van der Waals surface area contributed by atoms with Gasteiger partial charge in [0.15, 0.2) is 6.29 Å². The first-order valence-electron chi connectivity index (χ1n) is 5.47. The van der Waals surface area contributed by atoms with Gasteiger partial charge in [0.25, 0.3) is 0 Å². The molecule has 0 bridgehead atoms. The van der Waals surface area contributed by atoms with Crippen molar-refractivity contribution in [1.29, 1.82) is 0 Å². The fourth-order valence-corrected chi connectivity index (χ4v) is 1.65. The van der Waals surface area contributed by atoms with Gasteiger partial charge in [-0.1, -0.05) is 0 Å². The van der Waals surface area contributed by atoms with Crippen LogP contribution in [0.15, 0.2) is 12.1 Å². The zero-order chi connectivity index (χ0) is 16.4. The molecule has 0 aliphatic heterocycles. The number of carbonyl (C=O) groups excluding carboxylic acids is 2. The Labute approximate surface area is 114 Å². The molecule has 3 nitrogen and oxygen atoms in total. The van der Waals surface area contributed by atoms with Crippen LogP contribution in [0.2, 0.25) is 0 Å². The van der Waals surface area contributed by atoms with Gasteiger partial charge in [0, 0.05) is 5.56 Å². The molecule has 0 saturated heterocycles. The van der Waals surface area contributed by atoms with Gasteiger partial charge in [0.05, 0.1) is 23.3 Å². The second kappa shape index (κ2) is 5.74. The Kier molecular flexibility index (Phi) is 4.65. The first-order chi connectivity index (χ1) is 9.54. The van der Waals surface area contributed by atoms with E-state index in [1.54, 1.807) is 0 Å². The van der Waals surface area contributed by atoms with E-state index in [4.69, 9.17) is 0 Å². The molecule has 0 N–H and O–H groups in total. The molecule has 0 atom stereocenters. The molecule has 0 saturated carbocycles. The van der Waals surface area contributed by atoms with Gasteiger partial charge in [-0.15, -0.1) is 0 Å². The Morgan fingerprint density at radius 1 is 1.10 bits per heavy atom. The molecule has 0 heterocycles. The maximum atomic E-state index is 12.8. The van der Waals surface area contributed by atoms with Crippen molar-refractivity contribution in [2.24, 2.45) is 0 Å². The predicted octanol–water partition coefficient (Wildman–Crippen LogP) is 3.71. The largest absolute Gasteiger partial charge is 0.462 e. The minimum atomic E-state index is -5.11. The van der Waals surface area contributed by atoms with Gasteiger partial charge in [-0.3, -0.25) is 4.79 Å². The number of hydrogen-bond acceptors (Lipinski definition) is 3. The monoisotopic (exact) mass is 314 g/mol. The van der Waals surface area contributed by atoms with Crippen molar-refractivity contribution < 1.29 is 40.7 Å². The minimum Gasteiger partial charge on any atom is -0.462 e. The normalized spacial score (nSPS) is 12.1. The summed E-state index contributed by atoms with van der Waals surface area (Å²) in [5, 5.41) is 0. The molecular weight excluding hydrogens is 306 g/mol. The van der Waals surface area contributed by atoms with Crippen LogP contribution >= 0.6 is 0 Å². The Balaban J connectivity index is 3.73. The lowest BCUT2D eigenvalue weighted by atomic mass is 9.95. The SMILES string of the molecule is CCOC(=O)c1c(C(F)(F)F)ccc(C(F)(F)F)c1C=O. The molecular formula is C12H8F6O3. The van der Waals surface area contributed by atoms with E-state index in [1.807, 2.05) is 0 Å². The number of esters is 1. The van der Waals surface area contributed by atoms with Gasteiger partial charge in [0.2, 0.25) is 0 Å². The first-order valence-corrected chi connectivity index (χ1v) is 5.47. The van der Waals surface area contributed by atoms with E-state index < -0.39 is 46.9 Å². The zero-order valence-corrected chi connectivity index (χ0v) is 10.4. The molecule has 21 heavy (non-hydrogen) atoms. The quantitative estimate of drug-likeness (QED) is 0.485. The molecule has 1 aromatic carbocycles. The molecule has 0 spiro atoms. The average Bonchev–Trinajstić information content (AvgIpc) is 2.34. The minimum absolute atomic E-state index is 0.0993. The van der Waals surface area contributed by atoms with Crippen molar-refractivity contribution in [1.82, 2.24) is 0 Å². The van der Waals surface area contributed by atoms with Gasteiger partial charge >= 0.3 is 18.3 Å². The topological polar surface area (TPSA) is 43.4 Å². The maximum Gasteiger partial charge on any atom is 0.417 e. The van der Waals surface area contributed by atoms with Crippen molar-refractivity contribution in [2.45, 2.75) is 19.3 Å². The Bertz CT molecular complexity index is 559. The molecule has 0 amide bonds. The van der Waals surface area contributed by atoms with Gasteiger partial charge in [0.1, 0.15) is 0 Å². The third kappa shape index (κ3) is 3.53. The molecule has 116 valence electrons. The number of benzene rings is 1. The fourth-order valence-electron chi connectivity index (χ4n) is 1.65. The van der Waals surface area contributed by atoms with Crippen LogP contribution in [0.5, 0.6) is 0 Å². The number of carbonyl (C=O) groups is 2. The lowest BCUT2D eigenvalue weighted by molar-refractivity contribution is -0.141. The van der Waals surface area contributed by atoms with Crippen molar-refractivity contribution in [3.63, 3.8) is 0 Å². The highest BCUT2D eigenvalue weighted by molar-refractivity contribution is 6.00. The third-order valence-corrected chi connectivity index (χ3v) is 2.45. The van der Waals surface area contributed by atoms with Crippen LogP contribution in [0.3, 0.4) is 0 Å². The number of aldehydes is 1. The van der Waals surface area contributed by atoms with Gasteiger partial charge in [-0.05, 0) is 19.1 Å². The third-order valence-electron chi connectivity index (χ3n) is 2.45. The van der Waals surface area contributed by atoms with Crippen LogP contribution in [0.25, 0.3) is 0 Å². The second-order valence-electron chi connectivity index (χ2n) is 3.78. The van der Waals surface area contributed by atoms with Gasteiger partial charge in [-0.25, -0.2) is 4.79 Å². The average molecular weight is 314 g/mol. The lowest BCUT2D eigenvalue weighted by Crippen LogP contribution is -2.21. The Morgan fingerprint density at radius 2 is 1.57 bits per heavy atom. The number of hydrogen-bond donors (Lipinski definition) is 0. The molecule has 1 rings (SSSR count). The van der Waals surface area contributed by atoms with Crippen molar-refractivity contribution in [3.05, 3.63) is 34.4 Å². The van der Waals surface area contributed by atoms with E-state index >= 15 is 0 Å². The number of halogens is 6. The standard InChI is InChI=1S/C12H8F6O3/c1-2-21-10(20)9-6(5-19)7(11(13,14)15)3-4-8(9)12(16,17)18/h3-5H,2H2,1H3. The van der Waals surface area contributed by atoms with E-state index in [2.05, 4.69) is 4.74 Å². The second-order valence-corrected chi connectivity index (χ2v) is 3.78. The summed E-state index contributed by atoms with van der Waals surface area (Å²) < 4.78 is 80.8. The summed E-state index contributed by atoms with van der Waals surface area (Å²) in [6.45, 7) is 0.907. The van der Waals surface area contributed by atoms with Crippen LogP contribution < -0.4 is 0 Å². The summed E-state index contributed by atoms with van der Waals surface area (Å²) in [5.74, 6) is -1.64. The number of rotatable bonds is 3. The van der Waals surface area contributed by atoms with E-state index in [-0.39, 0.29) is 18.7 Å². The van der Waals surface area contributed by atoms with Crippen LogP contribution in [-0.2, 0) is 17.1 Å². The summed E-state index contributed by atoms with van der Waals surface area (Å²) in [6, 6.07) is 0.206. The summed E-state index contributed by atoms with van der Waals surface area (Å²) in [6.07, 6.45) is -10.6. The van der Waals surface area contributed by atoms with Crippen molar-refractivity contribution >= 4 is 12.3 Å². The summed E-state index contributed by atoms with van der Waals surface area (Å²) >= 11 is 0. The smallest absolute Gasteiger partial charge is 0.417 e. The summed E-state index contributed by atoms with van der Waals surface area (Å²) in [7, 11) is 0. The molecule has 0 aromatic heterocycles. The summed E-state index contributed by atoms with van der Waals surface area (Å²) in [5.41, 5.74) is -6.12. The van der Waals surface area contributed by atoms with Crippen LogP contribution in [0.4, 0.5) is 26.3 Å². The van der Waals surface area contributed by atoms with Crippen LogP contribution in [0.1, 0.15) is 38.8 Å². The molecule has 0 fully saturated rings. The van der Waals surface area contributed by atoms with E-state index in [0.29, 0.717) is 0 Å². The van der Waals surface area contributed by atoms with Crippen molar-refractivity contribution in [2.75, 3.05) is 6.61 Å². The maximum absolute atomic E-state index is 12.8. The Hall–Kier alpha value is -2.06. The summed E-state index contributed by atoms with van der Waals surface area (Å²) in [4.78, 5) is 22.3. The first kappa shape index (κ1) is 17.0. The van der Waals surface area contributed by atoms with Crippen LogP contribution in [0, 0.1) is 0 Å². The molecule has 1 aromatic rings. The molecule has 0 unspecified atom stereocenters. The van der Waals surface area contributed by atoms with E-state index in [0.717, 1.165) is 0 Å². The lowest BCUT2D eigenvalue weighted by Gasteiger charge is -2.17. The fraction of sp³-hybridized carbons (Fsp3) is 0.333. The van der Waals surface area contributed by atoms with Gasteiger partial charge < -0.3 is 4.74 Å². The van der Waals surface area contributed by atoms with E-state index in [9.17, 15) is 35.9 Å². The highest BCUT2D eigenvalue weighted by Gasteiger charge is 2.42. The molecule has 0 aliphatic carbocycles. The predicted molar refractivity (Wildman–Crippen MR) is 57.8 cm³/mol. The number of alkyl halides is 6. The number of ether oxygens (including phenoxy) is 1. The van der Waals surface area contributed by atoms with Crippen LogP contribution in [-0.4, -0.2) is 18.9 Å². The van der Waals surface area contributed by atoms with Crippen molar-refractivity contribution in [3.8, 4) is 0 Å². The highest BCUT2D eigenvalue weighted by atomic mass is 19.4. The molecule has 9 heteroatoms. The van der Waals surface area contributed by atoms with E-state index in [1.165, 1.54) is 6.92 Å².